The number of carbonyl (C=O) groups is 1. The van der Waals surface area contributed by atoms with Crippen LogP contribution in [0.15, 0.2) is 18.2 Å². The Bertz CT molecular complexity index is 381. The van der Waals surface area contributed by atoms with E-state index in [0.29, 0.717) is 10.8 Å². The summed E-state index contributed by atoms with van der Waals surface area (Å²) in [5, 5.41) is 0.590. The number of rotatable bonds is 4. The second-order valence-corrected chi connectivity index (χ2v) is 3.68. The summed E-state index contributed by atoms with van der Waals surface area (Å²) in [5.41, 5.74) is 0.750. The van der Waals surface area contributed by atoms with Gasteiger partial charge < -0.3 is 14.4 Å². The molecule has 1 aromatic rings. The highest BCUT2D eigenvalue weighted by Gasteiger charge is 2.12. The summed E-state index contributed by atoms with van der Waals surface area (Å²) in [7, 11) is 4.69. The molecule has 1 rings (SSSR count). The molecule has 0 radical (unpaired) electrons. The van der Waals surface area contributed by atoms with E-state index in [-0.39, 0.29) is 12.5 Å². The van der Waals surface area contributed by atoms with Gasteiger partial charge in [0.1, 0.15) is 12.3 Å². The molecule has 0 unspecified atom stereocenters. The van der Waals surface area contributed by atoms with Crippen LogP contribution in [-0.4, -0.2) is 33.8 Å². The van der Waals surface area contributed by atoms with Gasteiger partial charge in [-0.15, -0.1) is 0 Å². The van der Waals surface area contributed by atoms with E-state index in [1.165, 1.54) is 7.11 Å². The fraction of sp³-hybridized carbons (Fsp3) is 0.364. The van der Waals surface area contributed by atoms with Crippen molar-refractivity contribution in [2.24, 2.45) is 0 Å². The number of hydrogen-bond donors (Lipinski definition) is 0. The molecule has 0 saturated heterocycles. The Kier molecular flexibility index (Phi) is 4.43. The predicted molar refractivity (Wildman–Crippen MR) is 63.3 cm³/mol. The number of hydrogen-bond acceptors (Lipinski definition) is 4. The normalized spacial score (nSPS) is 9.75. The molecule has 0 atom stereocenters. The highest BCUT2D eigenvalue weighted by molar-refractivity contribution is 6.30. The number of likely N-dealkylation sites (N-methyl/N-ethyl adjacent to an activating group) is 1. The summed E-state index contributed by atoms with van der Waals surface area (Å²) in [6.07, 6.45) is 0. The quantitative estimate of drug-likeness (QED) is 0.758. The van der Waals surface area contributed by atoms with E-state index in [4.69, 9.17) is 16.3 Å². The fourth-order valence-electron chi connectivity index (χ4n) is 1.30. The molecule has 0 saturated carbocycles. The van der Waals surface area contributed by atoms with Crippen LogP contribution >= 0.6 is 11.6 Å². The Hall–Kier alpha value is -1.42. The van der Waals surface area contributed by atoms with Gasteiger partial charge in [0.2, 0.25) is 0 Å². The largest absolute Gasteiger partial charge is 0.495 e. The van der Waals surface area contributed by atoms with E-state index in [9.17, 15) is 4.79 Å². The molecule has 0 N–H and O–H groups in total. The lowest BCUT2D eigenvalue weighted by molar-refractivity contribution is -0.138. The molecule has 0 aromatic heterocycles. The number of benzene rings is 1. The first kappa shape index (κ1) is 12.6. The van der Waals surface area contributed by atoms with Crippen LogP contribution in [0.3, 0.4) is 0 Å². The summed E-state index contributed by atoms with van der Waals surface area (Å²) in [6.45, 7) is 0.146. The molecule has 16 heavy (non-hydrogen) atoms. The maximum Gasteiger partial charge on any atom is 0.325 e. The lowest BCUT2D eigenvalue weighted by atomic mass is 10.2. The van der Waals surface area contributed by atoms with Crippen molar-refractivity contribution in [1.29, 1.82) is 0 Å². The molecule has 0 aliphatic rings. The van der Waals surface area contributed by atoms with Gasteiger partial charge in [-0.05, 0) is 18.2 Å². The second kappa shape index (κ2) is 5.61. The van der Waals surface area contributed by atoms with Gasteiger partial charge in [0, 0.05) is 12.1 Å². The molecule has 88 valence electrons. The lowest BCUT2D eigenvalue weighted by Crippen LogP contribution is -2.26. The van der Waals surface area contributed by atoms with Crippen molar-refractivity contribution in [2.75, 3.05) is 32.7 Å². The van der Waals surface area contributed by atoms with Gasteiger partial charge in [0.05, 0.1) is 19.9 Å². The zero-order valence-electron chi connectivity index (χ0n) is 9.49. The summed E-state index contributed by atoms with van der Waals surface area (Å²) < 4.78 is 9.78. The molecule has 0 spiro atoms. The topological polar surface area (TPSA) is 38.8 Å². The van der Waals surface area contributed by atoms with Gasteiger partial charge in [0.25, 0.3) is 0 Å². The van der Waals surface area contributed by atoms with Crippen molar-refractivity contribution in [2.45, 2.75) is 0 Å². The summed E-state index contributed by atoms with van der Waals surface area (Å²) in [5.74, 6) is 0.348. The van der Waals surface area contributed by atoms with E-state index in [2.05, 4.69) is 4.74 Å². The van der Waals surface area contributed by atoms with Crippen molar-refractivity contribution in [1.82, 2.24) is 0 Å². The fourth-order valence-corrected chi connectivity index (χ4v) is 1.47. The van der Waals surface area contributed by atoms with Gasteiger partial charge in [-0.25, -0.2) is 0 Å². The zero-order chi connectivity index (χ0) is 12.1. The highest BCUT2D eigenvalue weighted by Crippen LogP contribution is 2.30. The number of halogens is 1. The van der Waals surface area contributed by atoms with E-state index in [1.54, 1.807) is 37.3 Å². The van der Waals surface area contributed by atoms with Crippen molar-refractivity contribution in [3.8, 4) is 5.75 Å². The first-order chi connectivity index (χ1) is 7.58. The summed E-state index contributed by atoms with van der Waals surface area (Å²) >= 11 is 5.89. The number of methoxy groups -OCH3 is 2. The standard InChI is InChI=1S/C11H14ClNO3/c1-13(7-11(14)16-3)9-6-8(12)4-5-10(9)15-2/h4-6H,7H2,1-3H3. The Morgan fingerprint density at radius 2 is 2.12 bits per heavy atom. The van der Waals surface area contributed by atoms with E-state index in [1.807, 2.05) is 0 Å². The van der Waals surface area contributed by atoms with Crippen LogP contribution in [0.5, 0.6) is 5.75 Å². The molecule has 0 aliphatic carbocycles. The summed E-state index contributed by atoms with van der Waals surface area (Å²) in [6, 6.07) is 5.23. The average Bonchev–Trinajstić information content (AvgIpc) is 2.28. The average molecular weight is 244 g/mol. The Morgan fingerprint density at radius 1 is 1.44 bits per heavy atom. The molecular formula is C11H14ClNO3. The first-order valence-electron chi connectivity index (χ1n) is 4.70. The molecule has 4 nitrogen and oxygen atoms in total. The molecule has 0 fully saturated rings. The smallest absolute Gasteiger partial charge is 0.325 e. The van der Waals surface area contributed by atoms with Gasteiger partial charge in [-0.1, -0.05) is 11.6 Å². The van der Waals surface area contributed by atoms with Gasteiger partial charge in [0.15, 0.2) is 0 Å². The van der Waals surface area contributed by atoms with Crippen LogP contribution in [0.4, 0.5) is 5.69 Å². The van der Waals surface area contributed by atoms with Crippen molar-refractivity contribution < 1.29 is 14.3 Å². The number of nitrogens with zero attached hydrogens (tertiary/aromatic N) is 1. The van der Waals surface area contributed by atoms with Gasteiger partial charge >= 0.3 is 5.97 Å². The van der Waals surface area contributed by atoms with Crippen LogP contribution in [0.2, 0.25) is 5.02 Å². The maximum absolute atomic E-state index is 11.1. The number of carbonyl (C=O) groups excluding carboxylic acids is 1. The number of ether oxygens (including phenoxy) is 2. The third-order valence-corrected chi connectivity index (χ3v) is 2.38. The predicted octanol–water partition coefficient (Wildman–Crippen LogP) is 1.96. The SMILES string of the molecule is COC(=O)CN(C)c1cc(Cl)ccc1OC. The molecule has 0 bridgehead atoms. The molecule has 5 heteroatoms. The third-order valence-electron chi connectivity index (χ3n) is 2.15. The minimum absolute atomic E-state index is 0.146. The minimum atomic E-state index is -0.315. The van der Waals surface area contributed by atoms with E-state index in [0.717, 1.165) is 5.69 Å². The zero-order valence-corrected chi connectivity index (χ0v) is 10.2. The molecule has 0 heterocycles. The minimum Gasteiger partial charge on any atom is -0.495 e. The van der Waals surface area contributed by atoms with Crippen LogP contribution in [0.25, 0.3) is 0 Å². The Labute approximate surface area is 99.7 Å². The van der Waals surface area contributed by atoms with Crippen molar-refractivity contribution in [3.05, 3.63) is 23.2 Å². The highest BCUT2D eigenvalue weighted by atomic mass is 35.5. The maximum atomic E-state index is 11.1. The van der Waals surface area contributed by atoms with Crippen LogP contribution in [0, 0.1) is 0 Å². The van der Waals surface area contributed by atoms with E-state index < -0.39 is 0 Å². The number of esters is 1. The van der Waals surface area contributed by atoms with E-state index >= 15 is 0 Å². The Morgan fingerprint density at radius 3 is 2.69 bits per heavy atom. The van der Waals surface area contributed by atoms with Crippen LogP contribution in [-0.2, 0) is 9.53 Å². The van der Waals surface area contributed by atoms with Gasteiger partial charge in [-0.3, -0.25) is 4.79 Å². The third kappa shape index (κ3) is 3.03. The van der Waals surface area contributed by atoms with Crippen molar-refractivity contribution in [3.63, 3.8) is 0 Å². The number of anilines is 1. The Balaban J connectivity index is 2.92. The summed E-state index contributed by atoms with van der Waals surface area (Å²) in [4.78, 5) is 12.9. The molecule has 0 aliphatic heterocycles. The molecule has 0 amide bonds. The lowest BCUT2D eigenvalue weighted by Gasteiger charge is -2.20. The monoisotopic (exact) mass is 243 g/mol. The first-order valence-corrected chi connectivity index (χ1v) is 5.07. The second-order valence-electron chi connectivity index (χ2n) is 3.25. The van der Waals surface area contributed by atoms with Crippen molar-refractivity contribution >= 4 is 23.3 Å². The van der Waals surface area contributed by atoms with Gasteiger partial charge in [-0.2, -0.15) is 0 Å². The molecular weight excluding hydrogens is 230 g/mol. The van der Waals surface area contributed by atoms with Crippen LogP contribution < -0.4 is 9.64 Å². The molecule has 1 aromatic carbocycles. The van der Waals surface area contributed by atoms with Crippen LogP contribution in [0.1, 0.15) is 0 Å².